The second kappa shape index (κ2) is 5.66. The average molecular weight is 248 g/mol. The Labute approximate surface area is 105 Å². The van der Waals surface area contributed by atoms with E-state index in [0.29, 0.717) is 5.56 Å². The predicted molar refractivity (Wildman–Crippen MR) is 68.5 cm³/mol. The molecule has 0 saturated carbocycles. The highest BCUT2D eigenvalue weighted by molar-refractivity contribution is 6.06. The van der Waals surface area contributed by atoms with Crippen molar-refractivity contribution in [1.29, 1.82) is 0 Å². The first-order valence-corrected chi connectivity index (χ1v) is 5.73. The van der Waals surface area contributed by atoms with Gasteiger partial charge in [-0.15, -0.1) is 0 Å². The van der Waals surface area contributed by atoms with Gasteiger partial charge in [-0.05, 0) is 18.2 Å². The highest BCUT2D eigenvalue weighted by atomic mass is 16.5. The van der Waals surface area contributed by atoms with Gasteiger partial charge in [0.1, 0.15) is 0 Å². The normalized spacial score (nSPS) is 12.6. The molecule has 96 valence electrons. The molecule has 2 rings (SSSR count). The molecule has 1 heterocycles. The number of nitrogens with one attached hydrogen (secondary N) is 2. The van der Waals surface area contributed by atoms with Gasteiger partial charge in [-0.1, -0.05) is 6.07 Å². The fourth-order valence-electron chi connectivity index (χ4n) is 1.84. The van der Waals surface area contributed by atoms with E-state index >= 15 is 0 Å². The fraction of sp³-hybridized carbons (Fsp3) is 0.308. The summed E-state index contributed by atoms with van der Waals surface area (Å²) in [6.45, 7) is 0.377. The van der Waals surface area contributed by atoms with Crippen LogP contribution < -0.4 is 5.32 Å². The van der Waals surface area contributed by atoms with Gasteiger partial charge in [-0.25, -0.2) is 0 Å². The molecule has 0 spiro atoms. The summed E-state index contributed by atoms with van der Waals surface area (Å²) < 4.78 is 4.79. The van der Waals surface area contributed by atoms with E-state index < -0.39 is 6.10 Å². The van der Waals surface area contributed by atoms with Crippen LogP contribution in [0.4, 0.5) is 0 Å². The Balaban J connectivity index is 2.07. The molecule has 1 aromatic heterocycles. The molecule has 0 aliphatic rings. The molecule has 1 unspecified atom stereocenters. The van der Waals surface area contributed by atoms with Crippen molar-refractivity contribution >= 4 is 16.8 Å². The maximum atomic E-state index is 12.0. The topological polar surface area (TPSA) is 74.3 Å². The van der Waals surface area contributed by atoms with Gasteiger partial charge in [0, 0.05) is 36.3 Å². The van der Waals surface area contributed by atoms with Crippen LogP contribution in [-0.4, -0.2) is 42.4 Å². The molecule has 1 aromatic carbocycles. The number of aromatic nitrogens is 1. The number of H-pyrrole nitrogens is 1. The molecule has 0 aliphatic heterocycles. The summed E-state index contributed by atoms with van der Waals surface area (Å²) in [5.41, 5.74) is 1.51. The van der Waals surface area contributed by atoms with Crippen molar-refractivity contribution in [1.82, 2.24) is 10.3 Å². The van der Waals surface area contributed by atoms with Crippen LogP contribution in [0, 0.1) is 0 Å². The zero-order valence-corrected chi connectivity index (χ0v) is 10.1. The number of aromatic amines is 1. The number of methoxy groups -OCH3 is 1. The lowest BCUT2D eigenvalue weighted by Crippen LogP contribution is -2.34. The van der Waals surface area contributed by atoms with Crippen molar-refractivity contribution in [2.45, 2.75) is 6.10 Å². The number of aliphatic hydroxyl groups excluding tert-OH is 1. The first-order chi connectivity index (χ1) is 8.72. The smallest absolute Gasteiger partial charge is 0.252 e. The monoisotopic (exact) mass is 248 g/mol. The molecule has 2 aromatic rings. The Kier molecular flexibility index (Phi) is 3.96. The molecule has 5 nitrogen and oxygen atoms in total. The van der Waals surface area contributed by atoms with E-state index in [9.17, 15) is 9.90 Å². The zero-order chi connectivity index (χ0) is 13.0. The maximum Gasteiger partial charge on any atom is 0.252 e. The van der Waals surface area contributed by atoms with Gasteiger partial charge in [0.2, 0.25) is 0 Å². The highest BCUT2D eigenvalue weighted by Gasteiger charge is 2.11. The fourth-order valence-corrected chi connectivity index (χ4v) is 1.84. The molecule has 0 fully saturated rings. The first-order valence-electron chi connectivity index (χ1n) is 5.73. The minimum atomic E-state index is -0.690. The van der Waals surface area contributed by atoms with Crippen molar-refractivity contribution in [3.05, 3.63) is 36.0 Å². The molecule has 0 radical (unpaired) electrons. The van der Waals surface area contributed by atoms with Crippen LogP contribution in [0.5, 0.6) is 0 Å². The largest absolute Gasteiger partial charge is 0.389 e. The molecule has 5 heteroatoms. The lowest BCUT2D eigenvalue weighted by atomic mass is 10.1. The Morgan fingerprint density at radius 1 is 1.50 bits per heavy atom. The van der Waals surface area contributed by atoms with Crippen LogP contribution in [0.2, 0.25) is 0 Å². The molecule has 18 heavy (non-hydrogen) atoms. The van der Waals surface area contributed by atoms with Crippen LogP contribution in [0.15, 0.2) is 30.5 Å². The number of carbonyl (C=O) groups is 1. The lowest BCUT2D eigenvalue weighted by molar-refractivity contribution is 0.0610. The molecular formula is C13H16N2O3. The van der Waals surface area contributed by atoms with E-state index in [0.717, 1.165) is 10.9 Å². The van der Waals surface area contributed by atoms with Gasteiger partial charge in [0.15, 0.2) is 0 Å². The quantitative estimate of drug-likeness (QED) is 0.736. The summed E-state index contributed by atoms with van der Waals surface area (Å²) in [5.74, 6) is -0.199. The van der Waals surface area contributed by atoms with Crippen molar-refractivity contribution in [3.8, 4) is 0 Å². The van der Waals surface area contributed by atoms with Gasteiger partial charge < -0.3 is 20.1 Å². The standard InChI is InChI=1S/C13H16N2O3/c1-18-8-9(16)7-15-13(17)11-3-2-4-12-10(11)5-6-14-12/h2-6,9,14,16H,7-8H2,1H3,(H,15,17). The number of hydrogen-bond donors (Lipinski definition) is 3. The summed E-state index contributed by atoms with van der Waals surface area (Å²) >= 11 is 0. The third-order valence-electron chi connectivity index (χ3n) is 2.70. The highest BCUT2D eigenvalue weighted by Crippen LogP contribution is 2.16. The Morgan fingerprint density at radius 2 is 2.33 bits per heavy atom. The number of fused-ring (bicyclic) bond motifs is 1. The molecular weight excluding hydrogens is 232 g/mol. The Morgan fingerprint density at radius 3 is 3.11 bits per heavy atom. The van der Waals surface area contributed by atoms with Crippen molar-refractivity contribution < 1.29 is 14.6 Å². The number of aliphatic hydroxyl groups is 1. The molecule has 1 amide bonds. The summed E-state index contributed by atoms with van der Waals surface area (Å²) in [5, 5.41) is 13.0. The summed E-state index contributed by atoms with van der Waals surface area (Å²) in [6.07, 6.45) is 1.10. The van der Waals surface area contributed by atoms with Gasteiger partial charge >= 0.3 is 0 Å². The predicted octanol–water partition coefficient (Wildman–Crippen LogP) is 0.905. The average Bonchev–Trinajstić information content (AvgIpc) is 2.84. The second-order valence-corrected chi connectivity index (χ2v) is 4.06. The summed E-state index contributed by atoms with van der Waals surface area (Å²) in [7, 11) is 1.51. The van der Waals surface area contributed by atoms with E-state index in [1.165, 1.54) is 7.11 Å². The third kappa shape index (κ3) is 2.69. The number of amides is 1. The van der Waals surface area contributed by atoms with Crippen LogP contribution in [0.3, 0.4) is 0 Å². The number of ether oxygens (including phenoxy) is 1. The maximum absolute atomic E-state index is 12.0. The molecule has 0 bridgehead atoms. The van der Waals surface area contributed by atoms with E-state index in [2.05, 4.69) is 10.3 Å². The molecule has 1 atom stereocenters. The van der Waals surface area contributed by atoms with Crippen molar-refractivity contribution in [2.24, 2.45) is 0 Å². The Bertz CT molecular complexity index is 536. The van der Waals surface area contributed by atoms with Gasteiger partial charge in [0.05, 0.1) is 12.7 Å². The number of rotatable bonds is 5. The zero-order valence-electron chi connectivity index (χ0n) is 10.1. The van der Waals surface area contributed by atoms with Crippen LogP contribution in [0.25, 0.3) is 10.9 Å². The van der Waals surface area contributed by atoms with Gasteiger partial charge in [0.25, 0.3) is 5.91 Å². The minimum Gasteiger partial charge on any atom is -0.389 e. The molecule has 0 aliphatic carbocycles. The molecule has 3 N–H and O–H groups in total. The lowest BCUT2D eigenvalue weighted by Gasteiger charge is -2.11. The van der Waals surface area contributed by atoms with Gasteiger partial charge in [-0.3, -0.25) is 4.79 Å². The number of hydrogen-bond acceptors (Lipinski definition) is 3. The summed E-state index contributed by atoms with van der Waals surface area (Å²) in [6, 6.07) is 7.34. The van der Waals surface area contributed by atoms with E-state index in [-0.39, 0.29) is 19.1 Å². The van der Waals surface area contributed by atoms with E-state index in [1.807, 2.05) is 18.2 Å². The SMILES string of the molecule is COCC(O)CNC(=O)c1cccc2[nH]ccc12. The minimum absolute atomic E-state index is 0.174. The Hall–Kier alpha value is -1.85. The van der Waals surface area contributed by atoms with Crippen molar-refractivity contribution in [2.75, 3.05) is 20.3 Å². The van der Waals surface area contributed by atoms with Crippen molar-refractivity contribution in [3.63, 3.8) is 0 Å². The summed E-state index contributed by atoms with van der Waals surface area (Å²) in [4.78, 5) is 15.0. The van der Waals surface area contributed by atoms with Crippen LogP contribution in [-0.2, 0) is 4.74 Å². The van der Waals surface area contributed by atoms with Gasteiger partial charge in [-0.2, -0.15) is 0 Å². The number of benzene rings is 1. The van der Waals surface area contributed by atoms with Crippen LogP contribution >= 0.6 is 0 Å². The second-order valence-electron chi connectivity index (χ2n) is 4.06. The third-order valence-corrected chi connectivity index (χ3v) is 2.70. The number of carbonyl (C=O) groups excluding carboxylic acids is 1. The van der Waals surface area contributed by atoms with E-state index in [4.69, 9.17) is 4.74 Å². The first kappa shape index (κ1) is 12.6. The van der Waals surface area contributed by atoms with E-state index in [1.54, 1.807) is 12.3 Å². The molecule has 0 saturated heterocycles. The van der Waals surface area contributed by atoms with Crippen LogP contribution in [0.1, 0.15) is 10.4 Å².